The quantitative estimate of drug-likeness (QED) is 0.726. The van der Waals surface area contributed by atoms with Gasteiger partial charge in [0.05, 0.1) is 24.8 Å². The van der Waals surface area contributed by atoms with Crippen LogP contribution in [0.2, 0.25) is 0 Å². The maximum Gasteiger partial charge on any atom is 0.255 e. The minimum absolute atomic E-state index is 0.153. The third-order valence-electron chi connectivity index (χ3n) is 4.60. The second kappa shape index (κ2) is 8.05. The lowest BCUT2D eigenvalue weighted by Crippen LogP contribution is -2.34. The Balaban J connectivity index is 2.05. The van der Waals surface area contributed by atoms with E-state index in [9.17, 15) is 14.7 Å². The first kappa shape index (κ1) is 18.7. The molecule has 2 aromatic carbocycles. The number of carbonyl (C=O) groups is 1. The summed E-state index contributed by atoms with van der Waals surface area (Å²) >= 11 is 0. The van der Waals surface area contributed by atoms with Gasteiger partial charge in [-0.2, -0.15) is 0 Å². The van der Waals surface area contributed by atoms with Gasteiger partial charge in [-0.1, -0.05) is 36.4 Å². The van der Waals surface area contributed by atoms with E-state index in [0.717, 1.165) is 5.56 Å². The molecule has 0 spiro atoms. The van der Waals surface area contributed by atoms with Crippen LogP contribution in [-0.2, 0) is 13.6 Å². The number of fused-ring (bicyclic) bond motifs is 1. The molecule has 0 bridgehead atoms. The number of aryl methyl sites for hydroxylation is 1. The Kier molecular flexibility index (Phi) is 5.57. The van der Waals surface area contributed by atoms with Crippen molar-refractivity contribution >= 4 is 16.8 Å². The van der Waals surface area contributed by atoms with E-state index in [4.69, 9.17) is 4.74 Å². The van der Waals surface area contributed by atoms with E-state index in [2.05, 4.69) is 0 Å². The molecule has 1 aromatic heterocycles. The molecule has 27 heavy (non-hydrogen) atoms. The number of rotatable bonds is 6. The topological polar surface area (TPSA) is 71.8 Å². The fraction of sp³-hybridized carbons (Fsp3) is 0.238. The maximum atomic E-state index is 13.2. The van der Waals surface area contributed by atoms with E-state index < -0.39 is 0 Å². The van der Waals surface area contributed by atoms with Crippen molar-refractivity contribution in [3.63, 3.8) is 0 Å². The van der Waals surface area contributed by atoms with Crippen LogP contribution in [-0.4, -0.2) is 40.7 Å². The highest BCUT2D eigenvalue weighted by atomic mass is 16.5. The van der Waals surface area contributed by atoms with Crippen LogP contribution in [0.15, 0.2) is 59.4 Å². The summed E-state index contributed by atoms with van der Waals surface area (Å²) in [5.41, 5.74) is 1.60. The predicted octanol–water partition coefficient (Wildman–Crippen LogP) is 2.18. The number of aromatic nitrogens is 1. The van der Waals surface area contributed by atoms with Crippen molar-refractivity contribution in [3.05, 3.63) is 76.1 Å². The minimum atomic E-state index is -0.302. The normalized spacial score (nSPS) is 10.8. The van der Waals surface area contributed by atoms with Crippen molar-refractivity contribution in [2.75, 3.05) is 20.3 Å². The molecular formula is C21H22N2O4. The molecule has 3 aromatic rings. The lowest BCUT2D eigenvalue weighted by Gasteiger charge is -2.24. The van der Waals surface area contributed by atoms with Gasteiger partial charge in [-0.05, 0) is 12.1 Å². The average molecular weight is 366 g/mol. The highest BCUT2D eigenvalue weighted by Crippen LogP contribution is 2.22. The Bertz CT molecular complexity index is 1030. The molecule has 0 unspecified atom stereocenters. The lowest BCUT2D eigenvalue weighted by atomic mass is 10.1. The molecule has 0 aliphatic rings. The number of aliphatic hydroxyl groups is 1. The first-order chi connectivity index (χ1) is 13.1. The number of methoxy groups -OCH3 is 1. The zero-order chi connectivity index (χ0) is 19.4. The Hall–Kier alpha value is -3.12. The number of hydrogen-bond donors (Lipinski definition) is 1. The molecule has 0 saturated heterocycles. The number of pyridine rings is 1. The second-order valence-corrected chi connectivity index (χ2v) is 6.23. The van der Waals surface area contributed by atoms with Gasteiger partial charge in [0.25, 0.3) is 11.5 Å². The van der Waals surface area contributed by atoms with Crippen LogP contribution in [0.3, 0.4) is 0 Å². The average Bonchev–Trinajstić information content (AvgIpc) is 2.70. The SMILES string of the molecule is COc1ccccc1CN(CCO)C(=O)c1cc(=O)n(C)c2ccccc12. The standard InChI is InChI=1S/C21H22N2O4/c1-22-18-9-5-4-8-16(18)17(13-20(22)25)21(26)23(11-12-24)14-15-7-3-6-10-19(15)27-2/h3-10,13,24H,11-12,14H2,1-2H3. The summed E-state index contributed by atoms with van der Waals surface area (Å²) in [5.74, 6) is 0.367. The fourth-order valence-corrected chi connectivity index (χ4v) is 3.17. The monoisotopic (exact) mass is 366 g/mol. The van der Waals surface area contributed by atoms with Gasteiger partial charge in [0.1, 0.15) is 5.75 Å². The first-order valence-corrected chi connectivity index (χ1v) is 8.67. The summed E-state index contributed by atoms with van der Waals surface area (Å²) in [6.45, 7) is 0.247. The largest absolute Gasteiger partial charge is 0.496 e. The predicted molar refractivity (Wildman–Crippen MR) is 104 cm³/mol. The summed E-state index contributed by atoms with van der Waals surface area (Å²) in [7, 11) is 3.25. The van der Waals surface area contributed by atoms with Crippen molar-refractivity contribution in [1.29, 1.82) is 0 Å². The Morgan fingerprint density at radius 3 is 2.59 bits per heavy atom. The molecule has 140 valence electrons. The van der Waals surface area contributed by atoms with Crippen LogP contribution in [0, 0.1) is 0 Å². The van der Waals surface area contributed by atoms with E-state index in [-0.39, 0.29) is 31.2 Å². The van der Waals surface area contributed by atoms with Crippen LogP contribution < -0.4 is 10.3 Å². The number of ether oxygens (including phenoxy) is 1. The van der Waals surface area contributed by atoms with Gasteiger partial charge in [0.2, 0.25) is 0 Å². The molecule has 3 rings (SSSR count). The van der Waals surface area contributed by atoms with Gasteiger partial charge in [-0.25, -0.2) is 0 Å². The number of hydrogen-bond acceptors (Lipinski definition) is 4. The van der Waals surface area contributed by atoms with Crippen LogP contribution in [0.5, 0.6) is 5.75 Å². The van der Waals surface area contributed by atoms with E-state index in [1.165, 1.54) is 15.5 Å². The number of amides is 1. The number of para-hydroxylation sites is 2. The minimum Gasteiger partial charge on any atom is -0.496 e. The van der Waals surface area contributed by atoms with E-state index >= 15 is 0 Å². The zero-order valence-electron chi connectivity index (χ0n) is 15.4. The molecular weight excluding hydrogens is 344 g/mol. The Labute approximate surface area is 157 Å². The van der Waals surface area contributed by atoms with Gasteiger partial charge in [0.15, 0.2) is 0 Å². The number of carbonyl (C=O) groups excluding carboxylic acids is 1. The molecule has 0 fully saturated rings. The van der Waals surface area contributed by atoms with Crippen molar-refractivity contribution in [1.82, 2.24) is 9.47 Å². The highest BCUT2D eigenvalue weighted by Gasteiger charge is 2.21. The van der Waals surface area contributed by atoms with E-state index in [0.29, 0.717) is 22.2 Å². The molecule has 1 amide bonds. The number of nitrogens with zero attached hydrogens (tertiary/aromatic N) is 2. The zero-order valence-corrected chi connectivity index (χ0v) is 15.4. The van der Waals surface area contributed by atoms with Gasteiger partial charge in [0, 0.05) is 37.2 Å². The maximum absolute atomic E-state index is 13.2. The summed E-state index contributed by atoms with van der Waals surface area (Å²) in [6.07, 6.45) is 0. The van der Waals surface area contributed by atoms with Crippen molar-refractivity contribution in [3.8, 4) is 5.75 Å². The molecule has 1 N–H and O–H groups in total. The summed E-state index contributed by atoms with van der Waals surface area (Å²) in [5, 5.41) is 10.2. The third kappa shape index (κ3) is 3.71. The third-order valence-corrected chi connectivity index (χ3v) is 4.60. The van der Waals surface area contributed by atoms with Crippen LogP contribution in [0.25, 0.3) is 10.9 Å². The van der Waals surface area contributed by atoms with Crippen molar-refractivity contribution in [2.45, 2.75) is 6.54 Å². The summed E-state index contributed by atoms with van der Waals surface area (Å²) in [6, 6.07) is 16.1. The molecule has 0 atom stereocenters. The molecule has 6 heteroatoms. The Morgan fingerprint density at radius 1 is 1.15 bits per heavy atom. The van der Waals surface area contributed by atoms with Gasteiger partial charge < -0.3 is 19.3 Å². The molecule has 0 aliphatic heterocycles. The van der Waals surface area contributed by atoms with Crippen LogP contribution in [0.1, 0.15) is 15.9 Å². The number of benzene rings is 2. The molecule has 0 saturated carbocycles. The summed E-state index contributed by atoms with van der Waals surface area (Å²) in [4.78, 5) is 27.1. The highest BCUT2D eigenvalue weighted by molar-refractivity contribution is 6.06. The van der Waals surface area contributed by atoms with Crippen LogP contribution >= 0.6 is 0 Å². The van der Waals surface area contributed by atoms with Crippen molar-refractivity contribution in [2.24, 2.45) is 7.05 Å². The van der Waals surface area contributed by atoms with Crippen LogP contribution in [0.4, 0.5) is 0 Å². The van der Waals surface area contributed by atoms with E-state index in [1.54, 1.807) is 14.2 Å². The fourth-order valence-electron chi connectivity index (χ4n) is 3.17. The van der Waals surface area contributed by atoms with Crippen molar-refractivity contribution < 1.29 is 14.6 Å². The van der Waals surface area contributed by atoms with Gasteiger partial charge in [-0.3, -0.25) is 9.59 Å². The first-order valence-electron chi connectivity index (χ1n) is 8.67. The van der Waals surface area contributed by atoms with E-state index in [1.807, 2.05) is 48.5 Å². The number of aliphatic hydroxyl groups excluding tert-OH is 1. The Morgan fingerprint density at radius 2 is 1.85 bits per heavy atom. The summed E-state index contributed by atoms with van der Waals surface area (Å²) < 4.78 is 6.88. The molecule has 0 radical (unpaired) electrons. The molecule has 6 nitrogen and oxygen atoms in total. The smallest absolute Gasteiger partial charge is 0.255 e. The molecule has 1 heterocycles. The molecule has 0 aliphatic carbocycles. The van der Waals surface area contributed by atoms with Gasteiger partial charge in [-0.15, -0.1) is 0 Å². The second-order valence-electron chi connectivity index (χ2n) is 6.23. The lowest BCUT2D eigenvalue weighted by molar-refractivity contribution is 0.0708. The van der Waals surface area contributed by atoms with Gasteiger partial charge >= 0.3 is 0 Å².